The van der Waals surface area contributed by atoms with Crippen LogP contribution >= 0.6 is 0 Å². The molecule has 39 heavy (non-hydrogen) atoms. The van der Waals surface area contributed by atoms with E-state index in [1.807, 2.05) is 92.7 Å². The normalized spacial score (nSPS) is 10.8. The number of aryl methyl sites for hydroxylation is 1. The summed E-state index contributed by atoms with van der Waals surface area (Å²) in [6.45, 7) is 5.10. The number of nitrogens with zero attached hydrogens (tertiary/aromatic N) is 1. The number of para-hydroxylation sites is 1. The van der Waals surface area contributed by atoms with E-state index in [2.05, 4.69) is 5.32 Å². The summed E-state index contributed by atoms with van der Waals surface area (Å²) < 4.78 is 17.9. The van der Waals surface area contributed by atoms with Crippen LogP contribution in [0, 0.1) is 18.3 Å². The second-order valence-corrected chi connectivity index (χ2v) is 8.80. The number of hydrogen-bond acceptors (Lipinski definition) is 5. The van der Waals surface area contributed by atoms with Crippen molar-refractivity contribution in [1.29, 1.82) is 5.26 Å². The molecular formula is C33H30N2O4. The molecule has 4 rings (SSSR count). The van der Waals surface area contributed by atoms with Crippen LogP contribution in [0.15, 0.2) is 103 Å². The molecule has 0 radical (unpaired) electrons. The number of nitrogens with one attached hydrogen (secondary N) is 1. The maximum Gasteiger partial charge on any atom is 0.266 e. The molecule has 1 N–H and O–H groups in total. The number of anilines is 1. The highest BCUT2D eigenvalue weighted by Gasteiger charge is 2.12. The van der Waals surface area contributed by atoms with Crippen LogP contribution in [0.25, 0.3) is 6.08 Å². The van der Waals surface area contributed by atoms with Gasteiger partial charge in [-0.2, -0.15) is 5.26 Å². The number of benzene rings is 4. The van der Waals surface area contributed by atoms with Crippen molar-refractivity contribution in [3.05, 3.63) is 125 Å². The van der Waals surface area contributed by atoms with Crippen molar-refractivity contribution >= 4 is 17.7 Å². The van der Waals surface area contributed by atoms with Crippen molar-refractivity contribution in [3.63, 3.8) is 0 Å². The summed E-state index contributed by atoms with van der Waals surface area (Å²) in [5, 5.41) is 12.4. The topological polar surface area (TPSA) is 80.6 Å². The molecule has 0 aliphatic rings. The minimum atomic E-state index is -0.483. The van der Waals surface area contributed by atoms with Crippen molar-refractivity contribution < 1.29 is 19.0 Å². The summed E-state index contributed by atoms with van der Waals surface area (Å²) in [4.78, 5) is 12.7. The maximum atomic E-state index is 12.7. The maximum absolute atomic E-state index is 12.7. The summed E-state index contributed by atoms with van der Waals surface area (Å²) in [5.74, 6) is 1.37. The van der Waals surface area contributed by atoms with Crippen LogP contribution in [-0.2, 0) is 18.0 Å². The molecule has 0 aliphatic carbocycles. The summed E-state index contributed by atoms with van der Waals surface area (Å²) in [5.41, 5.74) is 4.27. The first kappa shape index (κ1) is 27.0. The molecule has 0 spiro atoms. The molecule has 0 atom stereocenters. The van der Waals surface area contributed by atoms with Crippen LogP contribution in [0.1, 0.15) is 29.2 Å². The molecule has 6 heteroatoms. The number of ether oxygens (including phenoxy) is 3. The summed E-state index contributed by atoms with van der Waals surface area (Å²) in [6.07, 6.45) is 1.53. The third kappa shape index (κ3) is 7.73. The Hall–Kier alpha value is -5.02. The Kier molecular flexibility index (Phi) is 9.36. The van der Waals surface area contributed by atoms with Gasteiger partial charge in [-0.1, -0.05) is 72.3 Å². The lowest BCUT2D eigenvalue weighted by molar-refractivity contribution is -0.112. The van der Waals surface area contributed by atoms with Gasteiger partial charge in [-0.25, -0.2) is 0 Å². The molecule has 0 saturated heterocycles. The van der Waals surface area contributed by atoms with Gasteiger partial charge in [0.15, 0.2) is 11.5 Å². The Morgan fingerprint density at radius 1 is 0.795 bits per heavy atom. The van der Waals surface area contributed by atoms with Gasteiger partial charge in [0.05, 0.1) is 6.61 Å². The molecule has 1 amide bonds. The van der Waals surface area contributed by atoms with E-state index in [9.17, 15) is 10.1 Å². The van der Waals surface area contributed by atoms with Crippen LogP contribution in [-0.4, -0.2) is 12.5 Å². The smallest absolute Gasteiger partial charge is 0.266 e. The lowest BCUT2D eigenvalue weighted by Gasteiger charge is -2.15. The van der Waals surface area contributed by atoms with Crippen LogP contribution in [0.4, 0.5) is 5.69 Å². The van der Waals surface area contributed by atoms with Gasteiger partial charge in [-0.15, -0.1) is 0 Å². The summed E-state index contributed by atoms with van der Waals surface area (Å²) in [6, 6.07) is 32.3. The highest BCUT2D eigenvalue weighted by atomic mass is 16.5. The van der Waals surface area contributed by atoms with Crippen molar-refractivity contribution in [3.8, 4) is 23.3 Å². The van der Waals surface area contributed by atoms with E-state index in [1.165, 1.54) is 6.08 Å². The largest absolute Gasteiger partial charge is 0.490 e. The third-order valence-electron chi connectivity index (χ3n) is 5.83. The molecule has 0 heterocycles. The van der Waals surface area contributed by atoms with Crippen LogP contribution in [0.5, 0.6) is 17.2 Å². The van der Waals surface area contributed by atoms with Crippen molar-refractivity contribution in [1.82, 2.24) is 0 Å². The fourth-order valence-corrected chi connectivity index (χ4v) is 3.80. The SMILES string of the molecule is CCOc1cc(COc2ccccc2/C=C(/C#N)C(=O)Nc2ccc(C)cc2)ccc1OCc1ccccc1. The van der Waals surface area contributed by atoms with Crippen molar-refractivity contribution in [2.75, 3.05) is 11.9 Å². The molecule has 4 aromatic carbocycles. The van der Waals surface area contributed by atoms with Gasteiger partial charge in [-0.05, 0) is 61.4 Å². The molecule has 0 aliphatic heterocycles. The van der Waals surface area contributed by atoms with Gasteiger partial charge in [-0.3, -0.25) is 4.79 Å². The standard InChI is InChI=1S/C33H30N2O4/c1-3-37-32-19-26(15-18-31(32)39-22-25-9-5-4-6-10-25)23-38-30-12-8-7-11-27(30)20-28(21-34)33(36)35-29-16-13-24(2)14-17-29/h4-20H,3,22-23H2,1-2H3,(H,35,36)/b28-20-. The molecule has 4 aromatic rings. The Labute approximate surface area is 229 Å². The molecule has 0 unspecified atom stereocenters. The lowest BCUT2D eigenvalue weighted by Crippen LogP contribution is -2.13. The van der Waals surface area contributed by atoms with Crippen molar-refractivity contribution in [2.45, 2.75) is 27.1 Å². The summed E-state index contributed by atoms with van der Waals surface area (Å²) in [7, 11) is 0. The highest BCUT2D eigenvalue weighted by Crippen LogP contribution is 2.30. The highest BCUT2D eigenvalue weighted by molar-refractivity contribution is 6.09. The number of carbonyl (C=O) groups excluding carboxylic acids is 1. The van der Waals surface area contributed by atoms with Crippen LogP contribution in [0.3, 0.4) is 0 Å². The Bertz CT molecular complexity index is 1470. The minimum absolute atomic E-state index is 0.0230. The van der Waals surface area contributed by atoms with Gasteiger partial charge in [0.2, 0.25) is 0 Å². The van der Waals surface area contributed by atoms with Crippen LogP contribution < -0.4 is 19.5 Å². The second-order valence-electron chi connectivity index (χ2n) is 8.80. The average molecular weight is 519 g/mol. The number of hydrogen-bond donors (Lipinski definition) is 1. The van der Waals surface area contributed by atoms with E-state index in [1.54, 1.807) is 24.3 Å². The Morgan fingerprint density at radius 3 is 2.23 bits per heavy atom. The van der Waals surface area contributed by atoms with Crippen molar-refractivity contribution in [2.24, 2.45) is 0 Å². The van der Waals surface area contributed by atoms with Gasteiger partial charge >= 0.3 is 0 Å². The monoisotopic (exact) mass is 518 g/mol. The first-order valence-electron chi connectivity index (χ1n) is 12.7. The first-order chi connectivity index (χ1) is 19.1. The fraction of sp³-hybridized carbons (Fsp3) is 0.152. The zero-order valence-electron chi connectivity index (χ0n) is 22.0. The zero-order chi connectivity index (χ0) is 27.5. The van der Waals surface area contributed by atoms with Crippen LogP contribution in [0.2, 0.25) is 0 Å². The van der Waals surface area contributed by atoms with E-state index < -0.39 is 5.91 Å². The third-order valence-corrected chi connectivity index (χ3v) is 5.83. The Balaban J connectivity index is 1.46. The van der Waals surface area contributed by atoms with Gasteiger partial charge < -0.3 is 19.5 Å². The predicted molar refractivity (Wildman–Crippen MR) is 153 cm³/mol. The zero-order valence-corrected chi connectivity index (χ0v) is 22.0. The number of nitriles is 1. The molecular weight excluding hydrogens is 488 g/mol. The van der Waals surface area contributed by atoms with E-state index >= 15 is 0 Å². The Morgan fingerprint density at radius 2 is 1.49 bits per heavy atom. The molecule has 6 nitrogen and oxygen atoms in total. The van der Waals surface area contributed by atoms with Gasteiger partial charge in [0.25, 0.3) is 5.91 Å². The van der Waals surface area contributed by atoms with Gasteiger partial charge in [0.1, 0.15) is 30.6 Å². The number of carbonyl (C=O) groups is 1. The number of rotatable bonds is 11. The molecule has 0 fully saturated rings. The average Bonchev–Trinajstić information content (AvgIpc) is 2.96. The lowest BCUT2D eigenvalue weighted by atomic mass is 10.1. The fourth-order valence-electron chi connectivity index (χ4n) is 3.80. The molecule has 0 bridgehead atoms. The molecule has 0 aromatic heterocycles. The predicted octanol–water partition coefficient (Wildman–Crippen LogP) is 7.10. The van der Waals surface area contributed by atoms with E-state index in [-0.39, 0.29) is 12.2 Å². The summed E-state index contributed by atoms with van der Waals surface area (Å²) >= 11 is 0. The van der Waals surface area contributed by atoms with E-state index in [0.29, 0.717) is 41.7 Å². The first-order valence-corrected chi connectivity index (χ1v) is 12.7. The second kappa shape index (κ2) is 13.5. The number of amides is 1. The molecule has 0 saturated carbocycles. The van der Waals surface area contributed by atoms with Gasteiger partial charge in [0, 0.05) is 11.3 Å². The van der Waals surface area contributed by atoms with E-state index in [4.69, 9.17) is 14.2 Å². The van der Waals surface area contributed by atoms with E-state index in [0.717, 1.165) is 16.7 Å². The minimum Gasteiger partial charge on any atom is -0.490 e. The quantitative estimate of drug-likeness (QED) is 0.169. The molecule has 196 valence electrons.